The summed E-state index contributed by atoms with van der Waals surface area (Å²) in [4.78, 5) is 13.0. The standard InChI is InChI=1S/C14H17NO2S/c1-9-10-7-5-6-8-11(10)18-12(9)15(13(16)17)14(2,3)4/h5-8H,1-4H3,(H,16,17). The summed E-state index contributed by atoms with van der Waals surface area (Å²) in [5.41, 5.74) is 0.588. The van der Waals surface area contributed by atoms with Gasteiger partial charge in [0.15, 0.2) is 0 Å². The Labute approximate surface area is 111 Å². The van der Waals surface area contributed by atoms with Crippen molar-refractivity contribution in [1.82, 2.24) is 0 Å². The minimum atomic E-state index is -0.905. The van der Waals surface area contributed by atoms with E-state index in [4.69, 9.17) is 0 Å². The summed E-state index contributed by atoms with van der Waals surface area (Å²) in [6.07, 6.45) is -0.905. The van der Waals surface area contributed by atoms with Crippen molar-refractivity contribution in [2.75, 3.05) is 4.90 Å². The normalized spacial score (nSPS) is 11.8. The van der Waals surface area contributed by atoms with Crippen molar-refractivity contribution in [3.05, 3.63) is 29.8 Å². The molecule has 1 aromatic carbocycles. The second kappa shape index (κ2) is 4.28. The Morgan fingerprint density at radius 2 is 1.89 bits per heavy atom. The molecule has 0 aliphatic heterocycles. The van der Waals surface area contributed by atoms with E-state index in [0.29, 0.717) is 0 Å². The maximum absolute atomic E-state index is 11.5. The van der Waals surface area contributed by atoms with E-state index < -0.39 is 11.6 Å². The molecule has 4 heteroatoms. The van der Waals surface area contributed by atoms with Gasteiger partial charge in [-0.1, -0.05) is 18.2 Å². The van der Waals surface area contributed by atoms with Crippen molar-refractivity contribution in [2.24, 2.45) is 0 Å². The van der Waals surface area contributed by atoms with Crippen LogP contribution in [0.5, 0.6) is 0 Å². The molecule has 2 rings (SSSR count). The summed E-state index contributed by atoms with van der Waals surface area (Å²) in [6.45, 7) is 7.71. The van der Waals surface area contributed by atoms with Crippen LogP contribution in [-0.4, -0.2) is 16.7 Å². The Bertz CT molecular complexity index is 595. The van der Waals surface area contributed by atoms with Gasteiger partial charge in [-0.05, 0) is 44.7 Å². The molecule has 0 radical (unpaired) electrons. The number of hydrogen-bond acceptors (Lipinski definition) is 2. The smallest absolute Gasteiger partial charge is 0.412 e. The van der Waals surface area contributed by atoms with Crippen LogP contribution >= 0.6 is 11.3 Å². The first-order valence-corrected chi connectivity index (χ1v) is 6.65. The lowest BCUT2D eigenvalue weighted by molar-refractivity contribution is 0.196. The molecule has 0 saturated heterocycles. The molecule has 18 heavy (non-hydrogen) atoms. The van der Waals surface area contributed by atoms with E-state index in [1.54, 1.807) is 0 Å². The van der Waals surface area contributed by atoms with E-state index in [1.165, 1.54) is 16.2 Å². The fourth-order valence-electron chi connectivity index (χ4n) is 2.05. The Kier molecular flexibility index (Phi) is 3.07. The van der Waals surface area contributed by atoms with Gasteiger partial charge in [0, 0.05) is 10.2 Å². The molecule has 1 N–H and O–H groups in total. The van der Waals surface area contributed by atoms with Crippen LogP contribution in [0.3, 0.4) is 0 Å². The summed E-state index contributed by atoms with van der Waals surface area (Å²) in [5, 5.41) is 11.4. The van der Waals surface area contributed by atoms with Gasteiger partial charge >= 0.3 is 6.09 Å². The summed E-state index contributed by atoms with van der Waals surface area (Å²) < 4.78 is 1.13. The summed E-state index contributed by atoms with van der Waals surface area (Å²) in [5.74, 6) is 0. The molecule has 0 spiro atoms. The van der Waals surface area contributed by atoms with Crippen LogP contribution in [0.4, 0.5) is 9.80 Å². The van der Waals surface area contributed by atoms with Gasteiger partial charge in [0.05, 0.1) is 0 Å². The van der Waals surface area contributed by atoms with Gasteiger partial charge in [0.1, 0.15) is 5.00 Å². The lowest BCUT2D eigenvalue weighted by Crippen LogP contribution is -2.45. The molecule has 3 nitrogen and oxygen atoms in total. The molecule has 0 unspecified atom stereocenters. The number of benzene rings is 1. The predicted octanol–water partition coefficient (Wildman–Crippen LogP) is 4.49. The van der Waals surface area contributed by atoms with Crippen molar-refractivity contribution in [3.63, 3.8) is 0 Å². The number of hydrogen-bond donors (Lipinski definition) is 1. The van der Waals surface area contributed by atoms with Crippen molar-refractivity contribution in [2.45, 2.75) is 33.2 Å². The average Bonchev–Trinajstić information content (AvgIpc) is 2.55. The highest BCUT2D eigenvalue weighted by atomic mass is 32.1. The van der Waals surface area contributed by atoms with Gasteiger partial charge in [0.2, 0.25) is 0 Å². The van der Waals surface area contributed by atoms with Gasteiger partial charge in [-0.2, -0.15) is 0 Å². The topological polar surface area (TPSA) is 40.5 Å². The lowest BCUT2D eigenvalue weighted by atomic mass is 10.1. The van der Waals surface area contributed by atoms with E-state index in [0.717, 1.165) is 20.7 Å². The number of rotatable bonds is 1. The second-order valence-electron chi connectivity index (χ2n) is 5.32. The number of nitrogens with zero attached hydrogens (tertiary/aromatic N) is 1. The molecule has 96 valence electrons. The minimum absolute atomic E-state index is 0.447. The number of thiophene rings is 1. The molecular weight excluding hydrogens is 246 g/mol. The fraction of sp³-hybridized carbons (Fsp3) is 0.357. The zero-order chi connectivity index (χ0) is 13.5. The third kappa shape index (κ3) is 2.08. The van der Waals surface area contributed by atoms with Crippen molar-refractivity contribution in [1.29, 1.82) is 0 Å². The number of fused-ring (bicyclic) bond motifs is 1. The minimum Gasteiger partial charge on any atom is -0.465 e. The maximum Gasteiger partial charge on any atom is 0.412 e. The van der Waals surface area contributed by atoms with E-state index in [9.17, 15) is 9.90 Å². The maximum atomic E-state index is 11.5. The molecule has 0 saturated carbocycles. The molecule has 0 aliphatic rings. The van der Waals surface area contributed by atoms with Crippen LogP contribution in [0.25, 0.3) is 10.1 Å². The summed E-state index contributed by atoms with van der Waals surface area (Å²) in [7, 11) is 0. The SMILES string of the molecule is Cc1c(N(C(=O)O)C(C)(C)C)sc2ccccc12. The third-order valence-electron chi connectivity index (χ3n) is 2.88. The second-order valence-corrected chi connectivity index (χ2v) is 6.35. The van der Waals surface area contributed by atoms with Crippen molar-refractivity contribution < 1.29 is 9.90 Å². The Balaban J connectivity index is 2.65. The van der Waals surface area contributed by atoms with E-state index in [1.807, 2.05) is 52.0 Å². The quantitative estimate of drug-likeness (QED) is 0.823. The van der Waals surface area contributed by atoms with Crippen LogP contribution in [0.15, 0.2) is 24.3 Å². The number of carboxylic acid groups (broad SMARTS) is 1. The predicted molar refractivity (Wildman–Crippen MR) is 76.8 cm³/mol. The van der Waals surface area contributed by atoms with Gasteiger partial charge in [0.25, 0.3) is 0 Å². The Hall–Kier alpha value is -1.55. The first kappa shape index (κ1) is 12.9. The monoisotopic (exact) mass is 263 g/mol. The molecule has 0 atom stereocenters. The summed E-state index contributed by atoms with van der Waals surface area (Å²) >= 11 is 1.53. The lowest BCUT2D eigenvalue weighted by Gasteiger charge is -2.32. The zero-order valence-corrected chi connectivity index (χ0v) is 11.8. The van der Waals surface area contributed by atoms with Gasteiger partial charge in [-0.15, -0.1) is 11.3 Å². The van der Waals surface area contributed by atoms with Gasteiger partial charge in [-0.3, -0.25) is 4.90 Å². The highest BCUT2D eigenvalue weighted by molar-refractivity contribution is 7.23. The molecular formula is C14H17NO2S. The molecule has 0 fully saturated rings. The summed E-state index contributed by atoms with van der Waals surface area (Å²) in [6, 6.07) is 8.02. The molecule has 0 aliphatic carbocycles. The van der Waals surface area contributed by atoms with Crippen LogP contribution < -0.4 is 4.90 Å². The molecule has 2 aromatic rings. The highest BCUT2D eigenvalue weighted by Crippen LogP contribution is 2.40. The van der Waals surface area contributed by atoms with Crippen LogP contribution in [0, 0.1) is 6.92 Å². The van der Waals surface area contributed by atoms with E-state index in [-0.39, 0.29) is 0 Å². The first-order chi connectivity index (χ1) is 8.32. The number of carbonyl (C=O) groups is 1. The van der Waals surface area contributed by atoms with E-state index in [2.05, 4.69) is 0 Å². The third-order valence-corrected chi connectivity index (χ3v) is 4.14. The highest BCUT2D eigenvalue weighted by Gasteiger charge is 2.30. The molecule has 1 heterocycles. The average molecular weight is 263 g/mol. The first-order valence-electron chi connectivity index (χ1n) is 5.83. The number of amides is 1. The van der Waals surface area contributed by atoms with Crippen LogP contribution in [0.2, 0.25) is 0 Å². The molecule has 1 amide bonds. The molecule has 0 bridgehead atoms. The van der Waals surface area contributed by atoms with Crippen molar-refractivity contribution >= 4 is 32.5 Å². The van der Waals surface area contributed by atoms with Gasteiger partial charge < -0.3 is 5.11 Å². The number of aryl methyl sites for hydroxylation is 1. The Morgan fingerprint density at radius 3 is 2.39 bits per heavy atom. The fourth-order valence-corrected chi connectivity index (χ4v) is 3.45. The largest absolute Gasteiger partial charge is 0.465 e. The zero-order valence-electron chi connectivity index (χ0n) is 11.0. The number of anilines is 1. The van der Waals surface area contributed by atoms with Crippen LogP contribution in [-0.2, 0) is 0 Å². The van der Waals surface area contributed by atoms with Crippen LogP contribution in [0.1, 0.15) is 26.3 Å². The van der Waals surface area contributed by atoms with E-state index >= 15 is 0 Å². The Morgan fingerprint density at radius 1 is 1.28 bits per heavy atom. The molecule has 1 aromatic heterocycles. The van der Waals surface area contributed by atoms with Gasteiger partial charge in [-0.25, -0.2) is 4.79 Å². The van der Waals surface area contributed by atoms with Crippen molar-refractivity contribution in [3.8, 4) is 0 Å².